The number of nitrogens with zero attached hydrogens (tertiary/aromatic N) is 1. The van der Waals surface area contributed by atoms with E-state index in [1.807, 2.05) is 31.2 Å². The molecule has 2 atom stereocenters. The molecule has 1 heterocycles. The molecule has 1 saturated heterocycles. The van der Waals surface area contributed by atoms with Gasteiger partial charge in [0.1, 0.15) is 12.6 Å². The summed E-state index contributed by atoms with van der Waals surface area (Å²) in [6.45, 7) is 2.58. The molecule has 2 amide bonds. The van der Waals surface area contributed by atoms with Gasteiger partial charge in [0.2, 0.25) is 5.91 Å². The van der Waals surface area contributed by atoms with Gasteiger partial charge in [0.05, 0.1) is 0 Å². The first kappa shape index (κ1) is 20.9. The monoisotopic (exact) mass is 422 g/mol. The molecule has 0 saturated carbocycles. The highest BCUT2D eigenvalue weighted by Crippen LogP contribution is 2.44. The lowest BCUT2D eigenvalue weighted by molar-refractivity contribution is -0.149. The highest BCUT2D eigenvalue weighted by atomic mass is 16.5. The Kier molecular flexibility index (Phi) is 5.93. The molecule has 2 N–H and O–H groups in total. The van der Waals surface area contributed by atoms with Crippen LogP contribution in [0, 0.1) is 5.92 Å². The van der Waals surface area contributed by atoms with Crippen molar-refractivity contribution in [3.63, 3.8) is 0 Å². The van der Waals surface area contributed by atoms with Gasteiger partial charge in [-0.1, -0.05) is 55.5 Å². The first-order valence-electron chi connectivity index (χ1n) is 10.6. The lowest BCUT2D eigenvalue weighted by Gasteiger charge is -2.23. The minimum atomic E-state index is -0.983. The Morgan fingerprint density at radius 1 is 1.06 bits per heavy atom. The smallest absolute Gasteiger partial charge is 0.407 e. The second-order valence-electron chi connectivity index (χ2n) is 8.14. The van der Waals surface area contributed by atoms with Crippen molar-refractivity contribution in [2.45, 2.75) is 31.7 Å². The van der Waals surface area contributed by atoms with Crippen LogP contribution in [0.25, 0.3) is 11.1 Å². The van der Waals surface area contributed by atoms with Crippen molar-refractivity contribution in [1.82, 2.24) is 10.2 Å². The molecule has 2 aliphatic rings. The molecule has 1 aliphatic carbocycles. The SMILES string of the molecule is CC1CCN(C(=O)CCNC(=O)OCC2c3ccccc3-c3ccccc32)C1C(=O)O. The number of amides is 2. The molecule has 0 bridgehead atoms. The lowest BCUT2D eigenvalue weighted by atomic mass is 9.98. The van der Waals surface area contributed by atoms with Crippen LogP contribution in [0.3, 0.4) is 0 Å². The normalized spacial score (nSPS) is 19.6. The standard InChI is InChI=1S/C24H26N2O5/c1-15-11-13-26(22(15)23(28)29)21(27)10-12-25-24(30)31-14-20-18-8-4-2-6-16(18)17-7-3-5-9-19(17)20/h2-9,15,20,22H,10-14H2,1H3,(H,25,30)(H,28,29). The summed E-state index contributed by atoms with van der Waals surface area (Å²) < 4.78 is 5.45. The number of aliphatic carboxylic acids is 1. The van der Waals surface area contributed by atoms with Gasteiger partial charge in [-0.3, -0.25) is 4.79 Å². The minimum Gasteiger partial charge on any atom is -0.480 e. The van der Waals surface area contributed by atoms with Gasteiger partial charge in [0.15, 0.2) is 0 Å². The van der Waals surface area contributed by atoms with Gasteiger partial charge in [-0.15, -0.1) is 0 Å². The second-order valence-corrected chi connectivity index (χ2v) is 8.14. The average molecular weight is 422 g/mol. The molecule has 0 aromatic heterocycles. The van der Waals surface area contributed by atoms with Gasteiger partial charge >= 0.3 is 12.1 Å². The number of nitrogens with one attached hydrogen (secondary N) is 1. The molecule has 4 rings (SSSR count). The number of alkyl carbamates (subject to hydrolysis) is 1. The van der Waals surface area contributed by atoms with E-state index in [2.05, 4.69) is 29.6 Å². The molecule has 7 heteroatoms. The Balaban J connectivity index is 1.29. The van der Waals surface area contributed by atoms with Crippen LogP contribution in [-0.4, -0.2) is 53.7 Å². The third kappa shape index (κ3) is 4.13. The minimum absolute atomic E-state index is 0.0257. The van der Waals surface area contributed by atoms with Crippen LogP contribution in [0.15, 0.2) is 48.5 Å². The number of hydrogen-bond donors (Lipinski definition) is 2. The maximum absolute atomic E-state index is 12.4. The number of carbonyl (C=O) groups is 3. The fraction of sp³-hybridized carbons (Fsp3) is 0.375. The van der Waals surface area contributed by atoms with Crippen LogP contribution in [0.1, 0.15) is 36.8 Å². The first-order valence-corrected chi connectivity index (χ1v) is 10.6. The van der Waals surface area contributed by atoms with Gasteiger partial charge in [0.25, 0.3) is 0 Å². The molecule has 2 aromatic carbocycles. The van der Waals surface area contributed by atoms with Crippen LogP contribution in [-0.2, 0) is 14.3 Å². The maximum Gasteiger partial charge on any atom is 0.407 e. The Morgan fingerprint density at radius 2 is 1.68 bits per heavy atom. The van der Waals surface area contributed by atoms with Crippen LogP contribution in [0.2, 0.25) is 0 Å². The number of carbonyl (C=O) groups excluding carboxylic acids is 2. The first-order chi connectivity index (χ1) is 15.0. The zero-order valence-corrected chi connectivity index (χ0v) is 17.4. The Hall–Kier alpha value is -3.35. The van der Waals surface area contributed by atoms with Gasteiger partial charge in [-0.05, 0) is 34.6 Å². The van der Waals surface area contributed by atoms with Gasteiger partial charge < -0.3 is 20.1 Å². The number of ether oxygens (including phenoxy) is 1. The van der Waals surface area contributed by atoms with Crippen LogP contribution >= 0.6 is 0 Å². The highest BCUT2D eigenvalue weighted by molar-refractivity contribution is 5.85. The number of hydrogen-bond acceptors (Lipinski definition) is 4. The third-order valence-corrected chi connectivity index (χ3v) is 6.23. The van der Waals surface area contributed by atoms with E-state index >= 15 is 0 Å². The predicted molar refractivity (Wildman–Crippen MR) is 115 cm³/mol. The summed E-state index contributed by atoms with van der Waals surface area (Å²) in [4.78, 5) is 37.4. The lowest BCUT2D eigenvalue weighted by Crippen LogP contribution is -2.43. The molecule has 7 nitrogen and oxygen atoms in total. The topological polar surface area (TPSA) is 95.9 Å². The summed E-state index contributed by atoms with van der Waals surface area (Å²) in [7, 11) is 0. The van der Waals surface area contributed by atoms with Crippen LogP contribution in [0.4, 0.5) is 4.79 Å². The molecule has 2 unspecified atom stereocenters. The van der Waals surface area contributed by atoms with Crippen molar-refractivity contribution in [2.75, 3.05) is 19.7 Å². The van der Waals surface area contributed by atoms with E-state index in [1.165, 1.54) is 4.90 Å². The molecule has 0 radical (unpaired) electrons. The van der Waals surface area contributed by atoms with E-state index in [0.29, 0.717) is 13.0 Å². The van der Waals surface area contributed by atoms with Crippen molar-refractivity contribution in [3.05, 3.63) is 59.7 Å². The number of fused-ring (bicyclic) bond motifs is 3. The fourth-order valence-corrected chi connectivity index (χ4v) is 4.67. The number of likely N-dealkylation sites (tertiary alicyclic amines) is 1. The van der Waals surface area contributed by atoms with Crippen molar-refractivity contribution in [3.8, 4) is 11.1 Å². The average Bonchev–Trinajstić information content (AvgIpc) is 3.30. The fourth-order valence-electron chi connectivity index (χ4n) is 4.67. The molecule has 1 fully saturated rings. The van der Waals surface area contributed by atoms with E-state index in [9.17, 15) is 19.5 Å². The number of carboxylic acids is 1. The van der Waals surface area contributed by atoms with E-state index in [0.717, 1.165) is 22.3 Å². The van der Waals surface area contributed by atoms with Gasteiger partial charge in [-0.2, -0.15) is 0 Å². The molecular formula is C24H26N2O5. The Morgan fingerprint density at radius 3 is 2.29 bits per heavy atom. The maximum atomic E-state index is 12.4. The predicted octanol–water partition coefficient (Wildman–Crippen LogP) is 3.24. The van der Waals surface area contributed by atoms with E-state index in [-0.39, 0.29) is 37.3 Å². The zero-order valence-electron chi connectivity index (χ0n) is 17.4. The summed E-state index contributed by atoms with van der Waals surface area (Å²) in [6.07, 6.45) is 0.127. The summed E-state index contributed by atoms with van der Waals surface area (Å²) in [5, 5.41) is 12.0. The number of carboxylic acid groups (broad SMARTS) is 1. The van der Waals surface area contributed by atoms with E-state index < -0.39 is 18.1 Å². The van der Waals surface area contributed by atoms with Crippen LogP contribution < -0.4 is 5.32 Å². The van der Waals surface area contributed by atoms with Gasteiger partial charge in [0, 0.05) is 25.4 Å². The number of benzene rings is 2. The quantitative estimate of drug-likeness (QED) is 0.745. The largest absolute Gasteiger partial charge is 0.480 e. The van der Waals surface area contributed by atoms with Crippen molar-refractivity contribution < 1.29 is 24.2 Å². The van der Waals surface area contributed by atoms with Crippen molar-refractivity contribution >= 4 is 18.0 Å². The molecule has 162 valence electrons. The van der Waals surface area contributed by atoms with Crippen LogP contribution in [0.5, 0.6) is 0 Å². The second kappa shape index (κ2) is 8.79. The van der Waals surface area contributed by atoms with Crippen molar-refractivity contribution in [2.24, 2.45) is 5.92 Å². The summed E-state index contributed by atoms with van der Waals surface area (Å²) >= 11 is 0. The van der Waals surface area contributed by atoms with E-state index in [4.69, 9.17) is 4.74 Å². The summed E-state index contributed by atoms with van der Waals surface area (Å²) in [5.41, 5.74) is 4.58. The number of rotatable bonds is 6. The zero-order chi connectivity index (χ0) is 22.0. The summed E-state index contributed by atoms with van der Waals surface area (Å²) in [6, 6.07) is 15.4. The van der Waals surface area contributed by atoms with E-state index in [1.54, 1.807) is 0 Å². The van der Waals surface area contributed by atoms with Gasteiger partial charge in [-0.25, -0.2) is 9.59 Å². The third-order valence-electron chi connectivity index (χ3n) is 6.23. The molecule has 2 aromatic rings. The Bertz CT molecular complexity index is 959. The summed E-state index contributed by atoms with van der Waals surface area (Å²) in [5.74, 6) is -1.35. The molecule has 31 heavy (non-hydrogen) atoms. The van der Waals surface area contributed by atoms with Crippen molar-refractivity contribution in [1.29, 1.82) is 0 Å². The highest BCUT2D eigenvalue weighted by Gasteiger charge is 2.39. The Labute approximate surface area is 181 Å². The molecule has 1 aliphatic heterocycles. The molecule has 0 spiro atoms. The molecular weight excluding hydrogens is 396 g/mol.